The molecule has 0 saturated carbocycles. The third-order valence-corrected chi connectivity index (χ3v) is 3.31. The molecule has 0 aliphatic rings. The molecule has 0 spiro atoms. The average Bonchev–Trinajstić information content (AvgIpc) is 2.42. The molecule has 0 saturated heterocycles. The van der Waals surface area contributed by atoms with Crippen LogP contribution in [0.5, 0.6) is 0 Å². The molecule has 0 radical (unpaired) electrons. The maximum absolute atomic E-state index is 12.2. The summed E-state index contributed by atoms with van der Waals surface area (Å²) in [7, 11) is 0. The highest BCUT2D eigenvalue weighted by Gasteiger charge is 2.20. The number of nitrogens with zero attached hydrogens (tertiary/aromatic N) is 2. The second-order valence-electron chi connectivity index (χ2n) is 4.43. The normalized spacial score (nSPS) is 10.2. The zero-order valence-electron chi connectivity index (χ0n) is 11.3. The Morgan fingerprint density at radius 2 is 1.62 bits per heavy atom. The van der Waals surface area contributed by atoms with Crippen LogP contribution in [-0.2, 0) is 0 Å². The van der Waals surface area contributed by atoms with Crippen LogP contribution < -0.4 is 5.32 Å². The fourth-order valence-electron chi connectivity index (χ4n) is 1.94. The lowest BCUT2D eigenvalue weighted by molar-refractivity contribution is 0.0685. The van der Waals surface area contributed by atoms with Gasteiger partial charge in [0.2, 0.25) is 0 Å². The maximum atomic E-state index is 12.2. The minimum absolute atomic E-state index is 0.216. The average molecular weight is 350 g/mol. The van der Waals surface area contributed by atoms with E-state index in [9.17, 15) is 9.59 Å². The fourth-order valence-corrected chi connectivity index (χ4v) is 2.63. The van der Waals surface area contributed by atoms with E-state index in [0.29, 0.717) is 5.69 Å². The highest BCUT2D eigenvalue weighted by atomic mass is 79.9. The van der Waals surface area contributed by atoms with E-state index in [1.165, 1.54) is 12.4 Å². The van der Waals surface area contributed by atoms with E-state index in [1.807, 2.05) is 26.0 Å². The number of carboxylic acid groups (broad SMARTS) is 1. The molecule has 108 valence electrons. The monoisotopic (exact) mass is 349 g/mol. The van der Waals surface area contributed by atoms with Gasteiger partial charge in [0.1, 0.15) is 0 Å². The number of hydrogen-bond donors (Lipinski definition) is 2. The quantitative estimate of drug-likeness (QED) is 0.888. The van der Waals surface area contributed by atoms with Crippen LogP contribution in [0.4, 0.5) is 5.69 Å². The molecule has 0 fully saturated rings. The summed E-state index contributed by atoms with van der Waals surface area (Å²) < 4.78 is 0.904. The van der Waals surface area contributed by atoms with Crippen molar-refractivity contribution in [1.29, 1.82) is 0 Å². The predicted octanol–water partition coefficient (Wildman–Crippen LogP) is 2.81. The van der Waals surface area contributed by atoms with E-state index in [1.54, 1.807) is 0 Å². The van der Waals surface area contributed by atoms with Crippen LogP contribution in [0.25, 0.3) is 0 Å². The van der Waals surface area contributed by atoms with Gasteiger partial charge in [0.05, 0.1) is 0 Å². The maximum Gasteiger partial charge on any atom is 0.356 e. The number of nitrogens with one attached hydrogen (secondary N) is 1. The van der Waals surface area contributed by atoms with E-state index in [-0.39, 0.29) is 11.4 Å². The lowest BCUT2D eigenvalue weighted by Crippen LogP contribution is -2.20. The van der Waals surface area contributed by atoms with E-state index < -0.39 is 11.9 Å². The van der Waals surface area contributed by atoms with Gasteiger partial charge in [-0.05, 0) is 37.1 Å². The van der Waals surface area contributed by atoms with Gasteiger partial charge in [-0.1, -0.05) is 15.9 Å². The molecule has 2 aromatic rings. The summed E-state index contributed by atoms with van der Waals surface area (Å²) in [6.07, 6.45) is 2.51. The third-order valence-electron chi connectivity index (χ3n) is 2.85. The van der Waals surface area contributed by atoms with Crippen molar-refractivity contribution < 1.29 is 14.7 Å². The molecule has 1 aromatic heterocycles. The molecule has 21 heavy (non-hydrogen) atoms. The van der Waals surface area contributed by atoms with Gasteiger partial charge in [0.15, 0.2) is 11.4 Å². The van der Waals surface area contributed by atoms with Gasteiger partial charge >= 0.3 is 5.97 Å². The number of rotatable bonds is 3. The van der Waals surface area contributed by atoms with Crippen LogP contribution in [0.15, 0.2) is 29.0 Å². The van der Waals surface area contributed by atoms with Gasteiger partial charge in [-0.25, -0.2) is 14.8 Å². The molecular formula is C14H12BrN3O3. The van der Waals surface area contributed by atoms with Gasteiger partial charge in [0, 0.05) is 22.6 Å². The Balaban J connectivity index is 2.38. The number of hydrogen-bond acceptors (Lipinski definition) is 4. The summed E-state index contributed by atoms with van der Waals surface area (Å²) in [6, 6.07) is 3.72. The summed E-state index contributed by atoms with van der Waals surface area (Å²) in [5.41, 5.74) is 1.76. The largest absolute Gasteiger partial charge is 0.476 e. The standard InChI is InChI=1S/C14H12BrN3O3/c1-7-5-9(15)6-8(2)10(7)18-13(19)11-12(14(20)21)17-4-3-16-11/h3-6H,1-2H3,(H,18,19)(H,20,21). The molecule has 0 bridgehead atoms. The van der Waals surface area contributed by atoms with Crippen molar-refractivity contribution in [2.45, 2.75) is 13.8 Å². The van der Waals surface area contributed by atoms with E-state index >= 15 is 0 Å². The first-order chi connectivity index (χ1) is 9.90. The Morgan fingerprint density at radius 1 is 1.10 bits per heavy atom. The van der Waals surface area contributed by atoms with Crippen molar-refractivity contribution in [3.63, 3.8) is 0 Å². The minimum Gasteiger partial charge on any atom is -0.476 e. The van der Waals surface area contributed by atoms with Crippen molar-refractivity contribution in [3.05, 3.63) is 51.5 Å². The molecule has 0 aliphatic heterocycles. The Labute approximate surface area is 129 Å². The molecule has 1 heterocycles. The van der Waals surface area contributed by atoms with Crippen molar-refractivity contribution in [2.24, 2.45) is 0 Å². The molecule has 1 aromatic carbocycles. The molecule has 0 unspecified atom stereocenters. The SMILES string of the molecule is Cc1cc(Br)cc(C)c1NC(=O)c1nccnc1C(=O)O. The Morgan fingerprint density at radius 3 is 2.14 bits per heavy atom. The van der Waals surface area contributed by atoms with Crippen LogP contribution in [0.2, 0.25) is 0 Å². The van der Waals surface area contributed by atoms with Crippen molar-refractivity contribution in [2.75, 3.05) is 5.32 Å². The fraction of sp³-hybridized carbons (Fsp3) is 0.143. The van der Waals surface area contributed by atoms with E-state index in [0.717, 1.165) is 15.6 Å². The number of carbonyl (C=O) groups excluding carboxylic acids is 1. The second kappa shape index (κ2) is 6.01. The summed E-state index contributed by atoms with van der Waals surface area (Å²) in [5, 5.41) is 11.7. The van der Waals surface area contributed by atoms with Crippen molar-refractivity contribution in [3.8, 4) is 0 Å². The number of aryl methyl sites for hydroxylation is 2. The first-order valence-corrected chi connectivity index (χ1v) is 6.82. The second-order valence-corrected chi connectivity index (χ2v) is 5.34. The Hall–Kier alpha value is -2.28. The van der Waals surface area contributed by atoms with Crippen LogP contribution in [0.1, 0.15) is 32.1 Å². The van der Waals surface area contributed by atoms with Gasteiger partial charge in [-0.2, -0.15) is 0 Å². The van der Waals surface area contributed by atoms with Crippen molar-refractivity contribution in [1.82, 2.24) is 9.97 Å². The van der Waals surface area contributed by atoms with Crippen LogP contribution in [0.3, 0.4) is 0 Å². The highest BCUT2D eigenvalue weighted by Crippen LogP contribution is 2.25. The molecule has 0 aliphatic carbocycles. The number of anilines is 1. The zero-order valence-corrected chi connectivity index (χ0v) is 12.9. The number of aromatic carboxylic acids is 1. The van der Waals surface area contributed by atoms with Crippen molar-refractivity contribution >= 4 is 33.5 Å². The molecule has 2 rings (SSSR count). The topological polar surface area (TPSA) is 92.2 Å². The van der Waals surface area contributed by atoms with Crippen LogP contribution in [-0.4, -0.2) is 27.0 Å². The Kier molecular flexibility index (Phi) is 4.32. The number of aromatic nitrogens is 2. The first-order valence-electron chi connectivity index (χ1n) is 6.02. The molecule has 0 atom stereocenters. The van der Waals surface area contributed by atoms with Gasteiger partial charge in [0.25, 0.3) is 5.91 Å². The number of carboxylic acids is 1. The first kappa shape index (κ1) is 15.1. The molecule has 2 N–H and O–H groups in total. The highest BCUT2D eigenvalue weighted by molar-refractivity contribution is 9.10. The number of halogens is 1. The molecule has 7 heteroatoms. The predicted molar refractivity (Wildman–Crippen MR) is 80.6 cm³/mol. The molecule has 6 nitrogen and oxygen atoms in total. The number of carbonyl (C=O) groups is 2. The van der Waals surface area contributed by atoms with Gasteiger partial charge in [-0.15, -0.1) is 0 Å². The van der Waals surface area contributed by atoms with E-state index in [4.69, 9.17) is 5.11 Å². The van der Waals surface area contributed by atoms with Gasteiger partial charge < -0.3 is 10.4 Å². The summed E-state index contributed by atoms with van der Waals surface area (Å²) in [5.74, 6) is -1.90. The summed E-state index contributed by atoms with van der Waals surface area (Å²) >= 11 is 3.38. The van der Waals surface area contributed by atoms with Crippen LogP contribution >= 0.6 is 15.9 Å². The molecule has 1 amide bonds. The summed E-state index contributed by atoms with van der Waals surface area (Å²) in [6.45, 7) is 3.70. The lowest BCUT2D eigenvalue weighted by atomic mass is 10.1. The number of amides is 1. The zero-order chi connectivity index (χ0) is 15.6. The van der Waals surface area contributed by atoms with Crippen LogP contribution in [0, 0.1) is 13.8 Å². The summed E-state index contributed by atoms with van der Waals surface area (Å²) in [4.78, 5) is 30.8. The lowest BCUT2D eigenvalue weighted by Gasteiger charge is -2.12. The van der Waals surface area contributed by atoms with E-state index in [2.05, 4.69) is 31.2 Å². The minimum atomic E-state index is -1.29. The third kappa shape index (κ3) is 3.25. The van der Waals surface area contributed by atoms with Gasteiger partial charge in [-0.3, -0.25) is 4.79 Å². The molecular weight excluding hydrogens is 338 g/mol. The smallest absolute Gasteiger partial charge is 0.356 e. The Bertz CT molecular complexity index is 708. The number of benzene rings is 1.